The van der Waals surface area contributed by atoms with Crippen molar-refractivity contribution in [2.24, 2.45) is 5.92 Å². The zero-order valence-corrected chi connectivity index (χ0v) is 12.5. The van der Waals surface area contributed by atoms with Gasteiger partial charge in [-0.05, 0) is 30.0 Å². The van der Waals surface area contributed by atoms with Crippen LogP contribution in [0.15, 0.2) is 50.3 Å². The van der Waals surface area contributed by atoms with Gasteiger partial charge in [0.05, 0.1) is 0 Å². The summed E-state index contributed by atoms with van der Waals surface area (Å²) < 4.78 is 2.38. The Bertz CT molecular complexity index is 491. The average molecular weight is 358 g/mol. The maximum absolute atomic E-state index is 3.56. The fourth-order valence-corrected chi connectivity index (χ4v) is 4.67. The second-order valence-corrected chi connectivity index (χ2v) is 7.16. The highest BCUT2D eigenvalue weighted by atomic mass is 79.9. The van der Waals surface area contributed by atoms with Gasteiger partial charge in [-0.2, -0.15) is 0 Å². The minimum Gasteiger partial charge on any atom is -0.118 e. The Morgan fingerprint density at radius 1 is 1.25 bits per heavy atom. The van der Waals surface area contributed by atoms with E-state index in [1.807, 2.05) is 11.8 Å². The predicted molar refractivity (Wildman–Crippen MR) is 77.1 cm³/mol. The van der Waals surface area contributed by atoms with Crippen LogP contribution < -0.4 is 0 Å². The number of halogens is 2. The molecule has 0 amide bonds. The van der Waals surface area contributed by atoms with Gasteiger partial charge in [0.15, 0.2) is 0 Å². The van der Waals surface area contributed by atoms with E-state index in [4.69, 9.17) is 0 Å². The topological polar surface area (TPSA) is 0 Å². The Balaban J connectivity index is 1.98. The fourth-order valence-electron chi connectivity index (χ4n) is 2.17. The predicted octanol–water partition coefficient (Wildman–Crippen LogP) is 4.93. The quantitative estimate of drug-likeness (QED) is 0.634. The van der Waals surface area contributed by atoms with Gasteiger partial charge in [0.1, 0.15) is 0 Å². The van der Waals surface area contributed by atoms with Gasteiger partial charge in [-0.1, -0.05) is 56.2 Å². The molecule has 1 heterocycles. The molecular weight excluding hydrogens is 348 g/mol. The summed E-state index contributed by atoms with van der Waals surface area (Å²) in [4.78, 5) is 1.42. The van der Waals surface area contributed by atoms with Crippen LogP contribution in [0.5, 0.6) is 0 Å². The van der Waals surface area contributed by atoms with Gasteiger partial charge in [-0.15, -0.1) is 11.8 Å². The fraction of sp³-hybridized carbons (Fsp3) is 0.231. The molecule has 0 nitrogen and oxygen atoms in total. The molecular formula is C13H10Br2S. The van der Waals surface area contributed by atoms with E-state index in [1.54, 1.807) is 0 Å². The summed E-state index contributed by atoms with van der Waals surface area (Å²) in [5, 5.41) is 0.584. The molecule has 0 saturated carbocycles. The number of thioether (sulfide) groups is 1. The smallest absolute Gasteiger partial charge is 0.0354 e. The first-order valence-electron chi connectivity index (χ1n) is 5.23. The monoisotopic (exact) mass is 356 g/mol. The first-order valence-corrected chi connectivity index (χ1v) is 7.69. The molecule has 3 heteroatoms. The zero-order chi connectivity index (χ0) is 11.1. The van der Waals surface area contributed by atoms with Crippen molar-refractivity contribution < 1.29 is 0 Å². The number of hydrogen-bond donors (Lipinski definition) is 0. The van der Waals surface area contributed by atoms with E-state index in [2.05, 4.69) is 68.3 Å². The minimum atomic E-state index is 0.584. The van der Waals surface area contributed by atoms with Crippen molar-refractivity contribution in [3.63, 3.8) is 0 Å². The zero-order valence-electron chi connectivity index (χ0n) is 8.49. The summed E-state index contributed by atoms with van der Waals surface area (Å²) in [6, 6.07) is 6.61. The molecule has 82 valence electrons. The summed E-state index contributed by atoms with van der Waals surface area (Å²) in [6.07, 6.45) is 7.98. The lowest BCUT2D eigenvalue weighted by Gasteiger charge is -2.31. The van der Waals surface area contributed by atoms with Crippen LogP contribution in [0.25, 0.3) is 0 Å². The molecule has 2 atom stereocenters. The van der Waals surface area contributed by atoms with Crippen LogP contribution in [0.2, 0.25) is 0 Å². The van der Waals surface area contributed by atoms with E-state index in [1.165, 1.54) is 19.4 Å². The van der Waals surface area contributed by atoms with E-state index < -0.39 is 0 Å². The maximum atomic E-state index is 3.56. The van der Waals surface area contributed by atoms with Gasteiger partial charge in [0.25, 0.3) is 0 Å². The van der Waals surface area contributed by atoms with Crippen molar-refractivity contribution in [1.29, 1.82) is 0 Å². The second kappa shape index (κ2) is 4.35. The molecule has 1 aromatic rings. The van der Waals surface area contributed by atoms with E-state index in [0.717, 1.165) is 6.42 Å². The van der Waals surface area contributed by atoms with Gasteiger partial charge in [0, 0.05) is 19.1 Å². The Kier molecular flexibility index (Phi) is 3.03. The van der Waals surface area contributed by atoms with Crippen molar-refractivity contribution in [3.05, 3.63) is 50.9 Å². The van der Waals surface area contributed by atoms with E-state index in [9.17, 15) is 0 Å². The Morgan fingerprint density at radius 3 is 3.00 bits per heavy atom. The van der Waals surface area contributed by atoms with Crippen molar-refractivity contribution >= 4 is 43.6 Å². The standard InChI is InChI=1S/C13H10Br2S/c14-10-3-1-8-5-9-2-4-11(15)7-13(9)16-12(8)6-10/h1-4,6-8,12H,5H2. The van der Waals surface area contributed by atoms with Crippen molar-refractivity contribution in [2.75, 3.05) is 0 Å². The van der Waals surface area contributed by atoms with Gasteiger partial charge in [0.2, 0.25) is 0 Å². The van der Waals surface area contributed by atoms with Crippen LogP contribution >= 0.6 is 43.6 Å². The lowest BCUT2D eigenvalue weighted by molar-refractivity contribution is 0.645. The lowest BCUT2D eigenvalue weighted by atomic mass is 9.92. The van der Waals surface area contributed by atoms with Gasteiger partial charge >= 0.3 is 0 Å². The van der Waals surface area contributed by atoms with Crippen molar-refractivity contribution in [2.45, 2.75) is 16.6 Å². The number of fused-ring (bicyclic) bond motifs is 2. The molecule has 0 saturated heterocycles. The average Bonchev–Trinajstić information content (AvgIpc) is 2.26. The molecule has 0 bridgehead atoms. The third-order valence-corrected chi connectivity index (χ3v) is 5.41. The summed E-state index contributed by atoms with van der Waals surface area (Å²) in [6.45, 7) is 0. The first kappa shape index (κ1) is 11.1. The molecule has 3 rings (SSSR count). The van der Waals surface area contributed by atoms with Crippen molar-refractivity contribution in [3.8, 4) is 0 Å². The number of benzene rings is 1. The normalized spacial score (nSPS) is 27.0. The summed E-state index contributed by atoms with van der Waals surface area (Å²) in [5.74, 6) is 0.653. The van der Waals surface area contributed by atoms with Crippen LogP contribution in [0.4, 0.5) is 0 Å². The first-order chi connectivity index (χ1) is 7.72. The summed E-state index contributed by atoms with van der Waals surface area (Å²) >= 11 is 9.07. The highest BCUT2D eigenvalue weighted by Crippen LogP contribution is 2.43. The number of hydrogen-bond acceptors (Lipinski definition) is 1. The molecule has 2 aliphatic rings. The Morgan fingerprint density at radius 2 is 2.12 bits per heavy atom. The van der Waals surface area contributed by atoms with Crippen LogP contribution in [-0.4, -0.2) is 5.25 Å². The molecule has 0 radical (unpaired) electrons. The molecule has 16 heavy (non-hydrogen) atoms. The van der Waals surface area contributed by atoms with Crippen LogP contribution in [0, 0.1) is 5.92 Å². The second-order valence-electron chi connectivity index (χ2n) is 4.11. The van der Waals surface area contributed by atoms with Gasteiger partial charge < -0.3 is 0 Å². The number of rotatable bonds is 0. The third-order valence-electron chi connectivity index (χ3n) is 3.00. The van der Waals surface area contributed by atoms with Crippen LogP contribution in [0.1, 0.15) is 5.56 Å². The van der Waals surface area contributed by atoms with Crippen LogP contribution in [0.3, 0.4) is 0 Å². The van der Waals surface area contributed by atoms with E-state index in [-0.39, 0.29) is 0 Å². The summed E-state index contributed by atoms with van der Waals surface area (Å²) in [7, 11) is 0. The minimum absolute atomic E-state index is 0.584. The van der Waals surface area contributed by atoms with Gasteiger partial charge in [-0.3, -0.25) is 0 Å². The third kappa shape index (κ3) is 2.05. The molecule has 1 aliphatic heterocycles. The van der Waals surface area contributed by atoms with E-state index >= 15 is 0 Å². The SMILES string of the molecule is BrC1=CC2Sc3cc(Br)ccc3CC2C=C1. The highest BCUT2D eigenvalue weighted by Gasteiger charge is 2.27. The molecule has 0 aromatic heterocycles. The lowest BCUT2D eigenvalue weighted by Crippen LogP contribution is -2.22. The van der Waals surface area contributed by atoms with Crippen LogP contribution in [-0.2, 0) is 6.42 Å². The number of allylic oxidation sites excluding steroid dienone is 3. The highest BCUT2D eigenvalue weighted by molar-refractivity contribution is 9.12. The maximum Gasteiger partial charge on any atom is 0.0354 e. The van der Waals surface area contributed by atoms with Crippen molar-refractivity contribution in [1.82, 2.24) is 0 Å². The summed E-state index contributed by atoms with van der Waals surface area (Å²) in [5.41, 5.74) is 1.48. The molecule has 0 fully saturated rings. The Labute approximate surface area is 116 Å². The molecule has 1 aromatic carbocycles. The largest absolute Gasteiger partial charge is 0.118 e. The van der Waals surface area contributed by atoms with Gasteiger partial charge in [-0.25, -0.2) is 0 Å². The Hall–Kier alpha value is 0.01000. The molecule has 0 spiro atoms. The molecule has 1 aliphatic carbocycles. The van der Waals surface area contributed by atoms with E-state index in [0.29, 0.717) is 11.2 Å². The molecule has 0 N–H and O–H groups in total. The molecule has 2 unspecified atom stereocenters.